The van der Waals surface area contributed by atoms with Gasteiger partial charge in [0.25, 0.3) is 0 Å². The van der Waals surface area contributed by atoms with Crippen molar-refractivity contribution in [1.82, 2.24) is 0 Å². The third-order valence-corrected chi connectivity index (χ3v) is 2.50. The minimum Gasteiger partial charge on any atom is -0.493 e. The van der Waals surface area contributed by atoms with Crippen molar-refractivity contribution < 1.29 is 9.47 Å². The second-order valence-corrected chi connectivity index (χ2v) is 3.90. The first-order valence-corrected chi connectivity index (χ1v) is 5.70. The molecule has 0 amide bonds. The average molecular weight is 232 g/mol. The van der Waals surface area contributed by atoms with Crippen molar-refractivity contribution in [1.29, 1.82) is 0 Å². The van der Waals surface area contributed by atoms with Crippen molar-refractivity contribution in [2.75, 3.05) is 14.2 Å². The van der Waals surface area contributed by atoms with Crippen LogP contribution in [0.25, 0.3) is 0 Å². The van der Waals surface area contributed by atoms with Crippen molar-refractivity contribution in [3.05, 3.63) is 47.6 Å². The van der Waals surface area contributed by atoms with E-state index in [-0.39, 0.29) is 0 Å². The molecule has 0 unspecified atom stereocenters. The van der Waals surface area contributed by atoms with E-state index < -0.39 is 0 Å². The molecule has 0 spiro atoms. The van der Waals surface area contributed by atoms with Gasteiger partial charge in [0, 0.05) is 0 Å². The lowest BCUT2D eigenvalue weighted by atomic mass is 10.1. The molecule has 0 saturated heterocycles. The van der Waals surface area contributed by atoms with Gasteiger partial charge in [0.05, 0.1) is 14.2 Å². The van der Waals surface area contributed by atoms with E-state index in [2.05, 4.69) is 25.1 Å². The molecule has 0 aliphatic carbocycles. The van der Waals surface area contributed by atoms with Gasteiger partial charge in [0.2, 0.25) is 0 Å². The third kappa shape index (κ3) is 3.99. The Bertz CT molecular complexity index is 417. The summed E-state index contributed by atoms with van der Waals surface area (Å²) in [7, 11) is 3.30. The predicted molar refractivity (Wildman–Crippen MR) is 71.8 cm³/mol. The van der Waals surface area contributed by atoms with Gasteiger partial charge < -0.3 is 9.47 Å². The van der Waals surface area contributed by atoms with Crippen LogP contribution in [0.1, 0.15) is 19.4 Å². The van der Waals surface area contributed by atoms with Gasteiger partial charge in [0.15, 0.2) is 11.5 Å². The molecule has 0 fully saturated rings. The number of ether oxygens (including phenoxy) is 2. The molecular formula is C15H20O2. The Hall–Kier alpha value is -1.70. The summed E-state index contributed by atoms with van der Waals surface area (Å²) >= 11 is 0. The van der Waals surface area contributed by atoms with Crippen molar-refractivity contribution in [3.63, 3.8) is 0 Å². The molecule has 0 aliphatic heterocycles. The summed E-state index contributed by atoms with van der Waals surface area (Å²) in [6, 6.07) is 6.03. The second-order valence-electron chi connectivity index (χ2n) is 3.90. The standard InChI is InChI=1S/C15H20O2/c1-5-6-7-12(2)10-13-8-9-14(16-3)15(11-13)17-4/h5-9,11H,10H2,1-4H3. The van der Waals surface area contributed by atoms with Crippen molar-refractivity contribution in [2.24, 2.45) is 0 Å². The average Bonchev–Trinajstić information content (AvgIpc) is 2.36. The van der Waals surface area contributed by atoms with E-state index in [1.165, 1.54) is 11.1 Å². The lowest BCUT2D eigenvalue weighted by Crippen LogP contribution is -1.93. The van der Waals surface area contributed by atoms with Gasteiger partial charge in [0.1, 0.15) is 0 Å². The van der Waals surface area contributed by atoms with E-state index >= 15 is 0 Å². The van der Waals surface area contributed by atoms with Crippen LogP contribution >= 0.6 is 0 Å². The molecule has 92 valence electrons. The van der Waals surface area contributed by atoms with Crippen LogP contribution in [0.4, 0.5) is 0 Å². The highest BCUT2D eigenvalue weighted by atomic mass is 16.5. The van der Waals surface area contributed by atoms with Crippen LogP contribution in [0.3, 0.4) is 0 Å². The fraction of sp³-hybridized carbons (Fsp3) is 0.333. The first-order chi connectivity index (χ1) is 8.21. The van der Waals surface area contributed by atoms with Gasteiger partial charge in [-0.05, 0) is 38.0 Å². The SMILES string of the molecule is CC=CC=C(C)Cc1ccc(OC)c(OC)c1. The minimum atomic E-state index is 0.770. The lowest BCUT2D eigenvalue weighted by Gasteiger charge is -2.09. The highest BCUT2D eigenvalue weighted by molar-refractivity contribution is 5.43. The van der Waals surface area contributed by atoms with Gasteiger partial charge in [-0.15, -0.1) is 0 Å². The van der Waals surface area contributed by atoms with Crippen LogP contribution in [0.15, 0.2) is 42.0 Å². The zero-order chi connectivity index (χ0) is 12.7. The second kappa shape index (κ2) is 6.79. The topological polar surface area (TPSA) is 18.5 Å². The first kappa shape index (κ1) is 13.4. The quantitative estimate of drug-likeness (QED) is 0.719. The Labute approximate surface area is 104 Å². The van der Waals surface area contributed by atoms with E-state index in [4.69, 9.17) is 9.47 Å². The molecule has 1 aromatic carbocycles. The molecule has 0 atom stereocenters. The van der Waals surface area contributed by atoms with Gasteiger partial charge >= 0.3 is 0 Å². The number of benzene rings is 1. The van der Waals surface area contributed by atoms with Crippen molar-refractivity contribution >= 4 is 0 Å². The van der Waals surface area contributed by atoms with Gasteiger partial charge in [-0.2, -0.15) is 0 Å². The maximum absolute atomic E-state index is 5.28. The Balaban J connectivity index is 2.86. The number of rotatable bonds is 5. The van der Waals surface area contributed by atoms with Gasteiger partial charge in [-0.3, -0.25) is 0 Å². The molecule has 2 nitrogen and oxygen atoms in total. The van der Waals surface area contributed by atoms with Gasteiger partial charge in [-0.1, -0.05) is 29.9 Å². The number of hydrogen-bond acceptors (Lipinski definition) is 2. The van der Waals surface area contributed by atoms with Crippen molar-refractivity contribution in [2.45, 2.75) is 20.3 Å². The van der Waals surface area contributed by atoms with E-state index in [1.807, 2.05) is 25.1 Å². The molecule has 0 N–H and O–H groups in total. The third-order valence-electron chi connectivity index (χ3n) is 2.50. The monoisotopic (exact) mass is 232 g/mol. The molecule has 1 aromatic rings. The minimum absolute atomic E-state index is 0.770. The molecular weight excluding hydrogens is 212 g/mol. The normalized spacial score (nSPS) is 11.9. The summed E-state index contributed by atoms with van der Waals surface area (Å²) in [5, 5.41) is 0. The summed E-state index contributed by atoms with van der Waals surface area (Å²) in [6.45, 7) is 4.14. The van der Waals surface area contributed by atoms with Crippen LogP contribution in [0, 0.1) is 0 Å². The van der Waals surface area contributed by atoms with E-state index in [0.717, 1.165) is 17.9 Å². The first-order valence-electron chi connectivity index (χ1n) is 5.70. The molecule has 2 heteroatoms. The van der Waals surface area contributed by atoms with E-state index in [0.29, 0.717) is 0 Å². The highest BCUT2D eigenvalue weighted by Gasteiger charge is 2.04. The number of allylic oxidation sites excluding steroid dienone is 4. The maximum Gasteiger partial charge on any atom is 0.160 e. The summed E-state index contributed by atoms with van der Waals surface area (Å²) in [5.41, 5.74) is 2.54. The maximum atomic E-state index is 5.28. The predicted octanol–water partition coefficient (Wildman–Crippen LogP) is 3.77. The Morgan fingerprint density at radius 3 is 2.47 bits per heavy atom. The zero-order valence-electron chi connectivity index (χ0n) is 11.0. The van der Waals surface area contributed by atoms with Crippen LogP contribution in [0.5, 0.6) is 11.5 Å². The summed E-state index contributed by atoms with van der Waals surface area (Å²) in [6.07, 6.45) is 7.12. The molecule has 0 aliphatic rings. The fourth-order valence-corrected chi connectivity index (χ4v) is 1.63. The van der Waals surface area contributed by atoms with Crippen LogP contribution in [-0.4, -0.2) is 14.2 Å². The van der Waals surface area contributed by atoms with Crippen LogP contribution in [0.2, 0.25) is 0 Å². The molecule has 0 heterocycles. The highest BCUT2D eigenvalue weighted by Crippen LogP contribution is 2.28. The Kier molecular flexibility index (Phi) is 5.34. The van der Waals surface area contributed by atoms with Crippen LogP contribution < -0.4 is 9.47 Å². The molecule has 17 heavy (non-hydrogen) atoms. The van der Waals surface area contributed by atoms with Crippen molar-refractivity contribution in [3.8, 4) is 11.5 Å². The summed E-state index contributed by atoms with van der Waals surface area (Å²) in [5.74, 6) is 1.55. The largest absolute Gasteiger partial charge is 0.493 e. The smallest absolute Gasteiger partial charge is 0.160 e. The van der Waals surface area contributed by atoms with Crippen LogP contribution in [-0.2, 0) is 6.42 Å². The molecule has 0 radical (unpaired) electrons. The fourth-order valence-electron chi connectivity index (χ4n) is 1.63. The summed E-state index contributed by atoms with van der Waals surface area (Å²) < 4.78 is 10.5. The Morgan fingerprint density at radius 1 is 1.18 bits per heavy atom. The zero-order valence-corrected chi connectivity index (χ0v) is 11.0. The molecule has 0 saturated carbocycles. The molecule has 1 rings (SSSR count). The van der Waals surface area contributed by atoms with E-state index in [9.17, 15) is 0 Å². The molecule has 0 aromatic heterocycles. The van der Waals surface area contributed by atoms with E-state index in [1.54, 1.807) is 14.2 Å². The number of methoxy groups -OCH3 is 2. The Morgan fingerprint density at radius 2 is 1.88 bits per heavy atom. The number of hydrogen-bond donors (Lipinski definition) is 0. The molecule has 0 bridgehead atoms. The summed E-state index contributed by atoms with van der Waals surface area (Å²) in [4.78, 5) is 0. The van der Waals surface area contributed by atoms with Gasteiger partial charge in [-0.25, -0.2) is 0 Å². The lowest BCUT2D eigenvalue weighted by molar-refractivity contribution is 0.354.